The van der Waals surface area contributed by atoms with Crippen LogP contribution >= 0.6 is 0 Å². The molecule has 13 heteroatoms. The topological polar surface area (TPSA) is 161 Å². The number of nitrogens with zero attached hydrogens (tertiary/aromatic N) is 3. The Morgan fingerprint density at radius 3 is 1.93 bits per heavy atom. The fourth-order valence-corrected chi connectivity index (χ4v) is 7.17. The number of aryl methyl sites for hydroxylation is 3. The number of aromatic nitrogens is 1. The van der Waals surface area contributed by atoms with Crippen LogP contribution in [-0.4, -0.2) is 90.5 Å². The van der Waals surface area contributed by atoms with Gasteiger partial charge in [-0.3, -0.25) is 9.59 Å². The van der Waals surface area contributed by atoms with Gasteiger partial charge in [-0.1, -0.05) is 86.6 Å². The highest BCUT2D eigenvalue weighted by atomic mass is 19.2. The van der Waals surface area contributed by atoms with E-state index in [0.29, 0.717) is 23.1 Å². The first-order valence-electron chi connectivity index (χ1n) is 19.4. The molecule has 2 heterocycles. The Morgan fingerprint density at radius 2 is 1.36 bits per heavy atom. The summed E-state index contributed by atoms with van der Waals surface area (Å²) >= 11 is 0. The zero-order valence-electron chi connectivity index (χ0n) is 32.6. The van der Waals surface area contributed by atoms with Gasteiger partial charge in [-0.25, -0.2) is 18.4 Å². The number of carboxylic acid groups (broad SMARTS) is 2. The van der Waals surface area contributed by atoms with Gasteiger partial charge in [0.05, 0.1) is 5.52 Å². The highest BCUT2D eigenvalue weighted by Gasteiger charge is 2.30. The van der Waals surface area contributed by atoms with Crippen molar-refractivity contribution in [3.63, 3.8) is 0 Å². The van der Waals surface area contributed by atoms with Crippen molar-refractivity contribution < 1.29 is 43.6 Å². The van der Waals surface area contributed by atoms with Gasteiger partial charge in [0.15, 0.2) is 29.3 Å². The van der Waals surface area contributed by atoms with Crippen molar-refractivity contribution >= 4 is 28.7 Å². The molecular formula is C45H49F2N3O8. The van der Waals surface area contributed by atoms with Crippen LogP contribution in [0, 0.1) is 11.6 Å². The van der Waals surface area contributed by atoms with Crippen LogP contribution < -0.4 is 5.43 Å². The number of para-hydroxylation sites is 1. The lowest BCUT2D eigenvalue weighted by atomic mass is 10.00. The number of carbonyl (C=O) groups is 3. The van der Waals surface area contributed by atoms with Crippen LogP contribution in [0.4, 0.5) is 8.78 Å². The zero-order chi connectivity index (χ0) is 41.9. The van der Waals surface area contributed by atoms with E-state index in [9.17, 15) is 28.0 Å². The maximum Gasteiger partial charge on any atom is 0.335 e. The molecule has 1 amide bonds. The van der Waals surface area contributed by atoms with Crippen molar-refractivity contribution in [1.82, 2.24) is 14.4 Å². The second kappa shape index (κ2) is 20.1. The Balaban J connectivity index is 0.000000567. The molecule has 2 atom stereocenters. The lowest BCUT2D eigenvalue weighted by molar-refractivity contribution is -0.165. The maximum atomic E-state index is 14.6. The van der Waals surface area contributed by atoms with Crippen molar-refractivity contribution in [3.8, 4) is 11.1 Å². The molecule has 4 N–H and O–H groups in total. The number of likely N-dealkylation sites (tertiary alicyclic amines) is 1. The van der Waals surface area contributed by atoms with Gasteiger partial charge in [0.2, 0.25) is 5.91 Å². The van der Waals surface area contributed by atoms with Crippen molar-refractivity contribution in [2.24, 2.45) is 0 Å². The number of hydrogen-bond acceptors (Lipinski definition) is 7. The van der Waals surface area contributed by atoms with Crippen LogP contribution in [0.5, 0.6) is 0 Å². The molecule has 0 bridgehead atoms. The first kappa shape index (κ1) is 43.4. The number of carboxylic acids is 2. The molecule has 1 aliphatic rings. The molecule has 306 valence electrons. The molecule has 58 heavy (non-hydrogen) atoms. The SMILES string of the molecule is CCc1ccc(-c2ccc(CN(C(=O)Cn3c(CCc4cccc(F)c4F)cc(=O)c4ccccc43)C3CCN(CC)CC3)cc2)cc1.O=C(O)C(O)C(O)C(=O)O. The van der Waals surface area contributed by atoms with E-state index in [2.05, 4.69) is 67.3 Å². The Hall–Kier alpha value is -5.76. The van der Waals surface area contributed by atoms with Crippen LogP contribution in [0.1, 0.15) is 49.1 Å². The van der Waals surface area contributed by atoms with E-state index in [-0.39, 0.29) is 42.3 Å². The number of fused-ring (bicyclic) bond motifs is 1. The minimum Gasteiger partial charge on any atom is -0.479 e. The number of pyridine rings is 1. The number of benzene rings is 4. The van der Waals surface area contributed by atoms with E-state index < -0.39 is 35.8 Å². The fraction of sp³-hybridized carbons (Fsp3) is 0.333. The molecule has 1 aromatic heterocycles. The normalized spacial score (nSPS) is 14.3. The predicted octanol–water partition coefficient (Wildman–Crippen LogP) is 5.68. The fourth-order valence-electron chi connectivity index (χ4n) is 7.17. The molecule has 2 unspecified atom stereocenters. The van der Waals surface area contributed by atoms with Gasteiger partial charge in [0, 0.05) is 42.8 Å². The third-order valence-corrected chi connectivity index (χ3v) is 10.7. The van der Waals surface area contributed by atoms with Gasteiger partial charge in [-0.15, -0.1) is 0 Å². The van der Waals surface area contributed by atoms with Gasteiger partial charge in [0.25, 0.3) is 0 Å². The molecular weight excluding hydrogens is 749 g/mol. The van der Waals surface area contributed by atoms with Gasteiger partial charge in [-0.05, 0) is 84.7 Å². The molecule has 1 saturated heterocycles. The number of carbonyl (C=O) groups excluding carboxylic acids is 1. The first-order valence-corrected chi connectivity index (χ1v) is 19.4. The third-order valence-electron chi connectivity index (χ3n) is 10.7. The van der Waals surface area contributed by atoms with Crippen LogP contribution in [-0.2, 0) is 46.7 Å². The number of hydrogen-bond donors (Lipinski definition) is 4. The van der Waals surface area contributed by atoms with Crippen LogP contribution in [0.3, 0.4) is 0 Å². The maximum absolute atomic E-state index is 14.6. The number of aliphatic carboxylic acids is 2. The third kappa shape index (κ3) is 10.8. The van der Waals surface area contributed by atoms with Crippen LogP contribution in [0.2, 0.25) is 0 Å². The molecule has 4 aromatic carbocycles. The van der Waals surface area contributed by atoms with Crippen molar-refractivity contribution in [2.75, 3.05) is 19.6 Å². The molecule has 0 aliphatic carbocycles. The van der Waals surface area contributed by atoms with E-state index in [1.165, 1.54) is 11.6 Å². The molecule has 5 aromatic rings. The van der Waals surface area contributed by atoms with Crippen molar-refractivity contribution in [2.45, 2.75) is 77.3 Å². The van der Waals surface area contributed by atoms with E-state index >= 15 is 0 Å². The van der Waals surface area contributed by atoms with Gasteiger partial charge >= 0.3 is 11.9 Å². The monoisotopic (exact) mass is 797 g/mol. The smallest absolute Gasteiger partial charge is 0.335 e. The average Bonchev–Trinajstić information content (AvgIpc) is 3.24. The minimum atomic E-state index is -2.27. The Morgan fingerprint density at radius 1 is 0.776 bits per heavy atom. The molecule has 0 saturated carbocycles. The van der Waals surface area contributed by atoms with Crippen LogP contribution in [0.25, 0.3) is 22.0 Å². The summed E-state index contributed by atoms with van der Waals surface area (Å²) in [5, 5.41) is 33.1. The number of rotatable bonds is 14. The number of aliphatic hydroxyl groups excluding tert-OH is 2. The van der Waals surface area contributed by atoms with E-state index in [1.807, 2.05) is 27.7 Å². The summed E-state index contributed by atoms with van der Waals surface area (Å²) in [6.07, 6.45) is -1.28. The van der Waals surface area contributed by atoms with Crippen molar-refractivity contribution in [3.05, 3.63) is 141 Å². The zero-order valence-corrected chi connectivity index (χ0v) is 32.6. The highest BCUT2D eigenvalue weighted by molar-refractivity contribution is 5.84. The number of amides is 1. The summed E-state index contributed by atoms with van der Waals surface area (Å²) < 4.78 is 30.4. The summed E-state index contributed by atoms with van der Waals surface area (Å²) in [5.41, 5.74) is 6.02. The molecule has 1 aliphatic heterocycles. The minimum absolute atomic E-state index is 0.0313. The summed E-state index contributed by atoms with van der Waals surface area (Å²) in [5.74, 6) is -5.34. The van der Waals surface area contributed by atoms with E-state index in [0.717, 1.165) is 61.7 Å². The Kier molecular flexibility index (Phi) is 15.0. The van der Waals surface area contributed by atoms with Crippen LogP contribution in [0.15, 0.2) is 102 Å². The second-order valence-corrected chi connectivity index (χ2v) is 14.3. The number of aliphatic hydroxyl groups is 2. The van der Waals surface area contributed by atoms with Crippen molar-refractivity contribution in [1.29, 1.82) is 0 Å². The Labute approximate surface area is 335 Å². The van der Waals surface area contributed by atoms with Gasteiger partial charge in [-0.2, -0.15) is 0 Å². The summed E-state index contributed by atoms with van der Waals surface area (Å²) in [6.45, 7) is 7.69. The van der Waals surface area contributed by atoms with E-state index in [1.54, 1.807) is 18.2 Å². The molecule has 0 spiro atoms. The predicted molar refractivity (Wildman–Crippen MR) is 216 cm³/mol. The highest BCUT2D eigenvalue weighted by Crippen LogP contribution is 2.25. The first-order chi connectivity index (χ1) is 27.8. The quantitative estimate of drug-likeness (QED) is 0.111. The van der Waals surface area contributed by atoms with E-state index in [4.69, 9.17) is 20.4 Å². The molecule has 1 fully saturated rings. The average molecular weight is 798 g/mol. The van der Waals surface area contributed by atoms with Gasteiger partial charge < -0.3 is 34.8 Å². The molecule has 0 radical (unpaired) electrons. The number of halogens is 2. The molecule has 11 nitrogen and oxygen atoms in total. The second-order valence-electron chi connectivity index (χ2n) is 14.3. The summed E-state index contributed by atoms with van der Waals surface area (Å²) in [6, 6.07) is 30.2. The standard InChI is InChI=1S/C41H43F2N3O2.C4H6O6/c1-3-29-12-16-31(17-13-29)32-18-14-30(15-19-32)27-46(34-22-24-44(4-2)25-23-34)40(48)28-45-35(21-20-33-8-7-10-37(42)41(33)43)26-39(47)36-9-5-6-11-38(36)45;5-1(3(7)8)2(6)4(9)10/h5-19,26,34H,3-4,20-25,27-28H2,1-2H3;1-2,5-6H,(H,7,8)(H,9,10). The number of piperidine rings is 1. The Bertz CT molecular complexity index is 2240. The lowest BCUT2D eigenvalue weighted by Crippen LogP contribution is -2.48. The summed E-state index contributed by atoms with van der Waals surface area (Å²) in [7, 11) is 0. The largest absolute Gasteiger partial charge is 0.479 e. The summed E-state index contributed by atoms with van der Waals surface area (Å²) in [4.78, 5) is 51.6. The van der Waals surface area contributed by atoms with Gasteiger partial charge in [0.1, 0.15) is 6.54 Å². The molecule has 6 rings (SSSR count). The lowest BCUT2D eigenvalue weighted by Gasteiger charge is -2.38.